The first-order valence-electron chi connectivity index (χ1n) is 10.1. The van der Waals surface area contributed by atoms with Gasteiger partial charge in [0.2, 0.25) is 5.91 Å². The summed E-state index contributed by atoms with van der Waals surface area (Å²) < 4.78 is 22.2. The molecule has 0 spiro atoms. The molecular formula is C22H23FN4O4. The fourth-order valence-electron chi connectivity index (χ4n) is 3.79. The monoisotopic (exact) mass is 426 g/mol. The minimum Gasteiger partial charge on any atom is -0.378 e. The summed E-state index contributed by atoms with van der Waals surface area (Å²) in [5, 5.41) is 3.00. The van der Waals surface area contributed by atoms with Gasteiger partial charge in [-0.25, -0.2) is 9.18 Å². The van der Waals surface area contributed by atoms with Crippen molar-refractivity contribution < 1.29 is 13.9 Å². The average Bonchev–Trinajstić information content (AvgIpc) is 2.78. The zero-order chi connectivity index (χ0) is 22.0. The predicted octanol–water partition coefficient (Wildman–Crippen LogP) is 1.80. The van der Waals surface area contributed by atoms with Crippen LogP contribution in [-0.2, 0) is 22.6 Å². The van der Waals surface area contributed by atoms with E-state index in [-0.39, 0.29) is 18.6 Å². The van der Waals surface area contributed by atoms with Crippen molar-refractivity contribution in [1.29, 1.82) is 0 Å². The number of hydrogen-bond donors (Lipinski definition) is 1. The third-order valence-electron chi connectivity index (χ3n) is 5.33. The van der Waals surface area contributed by atoms with Crippen LogP contribution in [0.3, 0.4) is 0 Å². The summed E-state index contributed by atoms with van der Waals surface area (Å²) in [5.74, 6) is -0.936. The highest BCUT2D eigenvalue weighted by molar-refractivity contribution is 5.92. The number of nitrogens with zero attached hydrogens (tertiary/aromatic N) is 3. The minimum atomic E-state index is -0.560. The zero-order valence-corrected chi connectivity index (χ0v) is 17.1. The lowest BCUT2D eigenvalue weighted by Crippen LogP contribution is -2.41. The molecule has 3 aromatic rings. The highest BCUT2D eigenvalue weighted by atomic mass is 19.1. The lowest BCUT2D eigenvalue weighted by Gasteiger charge is -2.29. The van der Waals surface area contributed by atoms with Gasteiger partial charge in [-0.15, -0.1) is 0 Å². The minimum absolute atomic E-state index is 0.193. The van der Waals surface area contributed by atoms with Crippen molar-refractivity contribution >= 4 is 28.2 Å². The van der Waals surface area contributed by atoms with Gasteiger partial charge in [0, 0.05) is 25.3 Å². The Morgan fingerprint density at radius 2 is 1.84 bits per heavy atom. The Kier molecular flexibility index (Phi) is 5.85. The summed E-state index contributed by atoms with van der Waals surface area (Å²) in [5.41, 5.74) is 0.182. The number of benzene rings is 2. The van der Waals surface area contributed by atoms with Crippen molar-refractivity contribution in [2.75, 3.05) is 36.5 Å². The van der Waals surface area contributed by atoms with E-state index in [4.69, 9.17) is 4.74 Å². The van der Waals surface area contributed by atoms with E-state index in [1.165, 1.54) is 10.6 Å². The van der Waals surface area contributed by atoms with Crippen molar-refractivity contribution in [3.05, 3.63) is 69.1 Å². The largest absolute Gasteiger partial charge is 0.378 e. The number of morpholine rings is 1. The maximum Gasteiger partial charge on any atom is 0.331 e. The first-order valence-corrected chi connectivity index (χ1v) is 10.1. The predicted molar refractivity (Wildman–Crippen MR) is 116 cm³/mol. The first-order chi connectivity index (χ1) is 15.0. The summed E-state index contributed by atoms with van der Waals surface area (Å²) in [6.07, 6.45) is 0. The Bertz CT molecular complexity index is 1240. The molecule has 1 aliphatic heterocycles. The van der Waals surface area contributed by atoms with Crippen molar-refractivity contribution in [2.24, 2.45) is 0 Å². The van der Waals surface area contributed by atoms with Gasteiger partial charge in [-0.05, 0) is 37.3 Å². The second-order valence-corrected chi connectivity index (χ2v) is 7.25. The SMILES string of the molecule is CCn1c(=O)c2ccccc2n(CC(=O)Nc2ccc(N3CCOCC3)c(F)c2)c1=O. The van der Waals surface area contributed by atoms with Gasteiger partial charge in [0.25, 0.3) is 5.56 Å². The van der Waals surface area contributed by atoms with Crippen LogP contribution in [0.2, 0.25) is 0 Å². The molecule has 4 rings (SSSR count). The second-order valence-electron chi connectivity index (χ2n) is 7.25. The van der Waals surface area contributed by atoms with Gasteiger partial charge in [0.15, 0.2) is 0 Å². The van der Waals surface area contributed by atoms with Gasteiger partial charge in [0.1, 0.15) is 12.4 Å². The Balaban J connectivity index is 1.58. The molecule has 0 radical (unpaired) electrons. The third-order valence-corrected chi connectivity index (χ3v) is 5.33. The molecule has 1 amide bonds. The molecule has 1 fully saturated rings. The molecule has 1 aromatic heterocycles. The first kappa shape index (κ1) is 20.8. The number of halogens is 1. The van der Waals surface area contributed by atoms with Gasteiger partial charge in [-0.1, -0.05) is 12.1 Å². The molecule has 0 saturated carbocycles. The van der Waals surface area contributed by atoms with E-state index >= 15 is 0 Å². The zero-order valence-electron chi connectivity index (χ0n) is 17.1. The Morgan fingerprint density at radius 1 is 1.10 bits per heavy atom. The number of aromatic nitrogens is 2. The lowest BCUT2D eigenvalue weighted by molar-refractivity contribution is -0.116. The molecule has 1 saturated heterocycles. The van der Waals surface area contributed by atoms with E-state index in [1.807, 2.05) is 4.90 Å². The van der Waals surface area contributed by atoms with E-state index < -0.39 is 17.4 Å². The number of fused-ring (bicyclic) bond motifs is 1. The summed E-state index contributed by atoms with van der Waals surface area (Å²) in [4.78, 5) is 39.8. The van der Waals surface area contributed by atoms with Crippen molar-refractivity contribution in [3.8, 4) is 0 Å². The van der Waals surface area contributed by atoms with E-state index in [2.05, 4.69) is 5.32 Å². The standard InChI is InChI=1S/C22H23FN4O4/c1-2-26-21(29)16-5-3-4-6-18(16)27(22(26)30)14-20(28)24-15-7-8-19(17(23)13-15)25-9-11-31-12-10-25/h3-8,13H,2,9-12,14H2,1H3,(H,24,28). The van der Waals surface area contributed by atoms with Crippen LogP contribution in [0.1, 0.15) is 6.92 Å². The topological polar surface area (TPSA) is 85.6 Å². The summed E-state index contributed by atoms with van der Waals surface area (Å²) >= 11 is 0. The maximum atomic E-state index is 14.6. The van der Waals surface area contributed by atoms with E-state index in [9.17, 15) is 18.8 Å². The molecule has 0 aliphatic carbocycles. The number of rotatable bonds is 5. The van der Waals surface area contributed by atoms with Crippen molar-refractivity contribution in [2.45, 2.75) is 20.0 Å². The van der Waals surface area contributed by atoms with Gasteiger partial charge in [-0.3, -0.25) is 18.7 Å². The number of para-hydroxylation sites is 1. The van der Waals surface area contributed by atoms with Crippen molar-refractivity contribution in [1.82, 2.24) is 9.13 Å². The molecule has 0 bridgehead atoms. The lowest BCUT2D eigenvalue weighted by atomic mass is 10.2. The maximum absolute atomic E-state index is 14.6. The van der Waals surface area contributed by atoms with Crippen LogP contribution in [-0.4, -0.2) is 41.3 Å². The summed E-state index contributed by atoms with van der Waals surface area (Å²) in [6, 6.07) is 11.2. The molecule has 8 nitrogen and oxygen atoms in total. The van der Waals surface area contributed by atoms with Crippen molar-refractivity contribution in [3.63, 3.8) is 0 Å². The number of ether oxygens (including phenoxy) is 1. The third kappa shape index (κ3) is 4.09. The van der Waals surface area contributed by atoms with Crippen LogP contribution in [0, 0.1) is 5.82 Å². The molecule has 0 atom stereocenters. The molecule has 162 valence electrons. The Hall–Kier alpha value is -3.46. The number of hydrogen-bond acceptors (Lipinski definition) is 5. The van der Waals surface area contributed by atoms with Crippen LogP contribution < -0.4 is 21.5 Å². The fraction of sp³-hybridized carbons (Fsp3) is 0.318. The molecule has 2 heterocycles. The number of carbonyl (C=O) groups excluding carboxylic acids is 1. The van der Waals surface area contributed by atoms with E-state index in [0.29, 0.717) is 48.6 Å². The highest BCUT2D eigenvalue weighted by Crippen LogP contribution is 2.23. The number of carbonyl (C=O) groups is 1. The van der Waals surface area contributed by atoms with Crippen LogP contribution in [0.4, 0.5) is 15.8 Å². The van der Waals surface area contributed by atoms with Gasteiger partial charge < -0.3 is 15.0 Å². The number of nitrogens with one attached hydrogen (secondary N) is 1. The molecule has 2 aromatic carbocycles. The summed E-state index contributed by atoms with van der Waals surface area (Å²) in [7, 11) is 0. The van der Waals surface area contributed by atoms with Gasteiger partial charge >= 0.3 is 5.69 Å². The Morgan fingerprint density at radius 3 is 2.55 bits per heavy atom. The molecular weight excluding hydrogens is 403 g/mol. The molecule has 1 N–H and O–H groups in total. The molecule has 9 heteroatoms. The highest BCUT2D eigenvalue weighted by Gasteiger charge is 2.17. The smallest absolute Gasteiger partial charge is 0.331 e. The van der Waals surface area contributed by atoms with Crippen LogP contribution >= 0.6 is 0 Å². The van der Waals surface area contributed by atoms with Crippen LogP contribution in [0.25, 0.3) is 10.9 Å². The van der Waals surface area contributed by atoms with Gasteiger partial charge in [-0.2, -0.15) is 0 Å². The van der Waals surface area contributed by atoms with Crippen LogP contribution in [0.5, 0.6) is 0 Å². The van der Waals surface area contributed by atoms with E-state index in [0.717, 1.165) is 4.57 Å². The molecule has 0 unspecified atom stereocenters. The number of anilines is 2. The van der Waals surface area contributed by atoms with Gasteiger partial charge in [0.05, 0.1) is 29.8 Å². The average molecular weight is 426 g/mol. The van der Waals surface area contributed by atoms with Crippen LogP contribution in [0.15, 0.2) is 52.1 Å². The summed E-state index contributed by atoms with van der Waals surface area (Å²) in [6.45, 7) is 3.88. The Labute approximate surface area is 177 Å². The second kappa shape index (κ2) is 8.73. The normalized spacial score (nSPS) is 14.1. The number of amides is 1. The fourth-order valence-corrected chi connectivity index (χ4v) is 3.79. The molecule has 31 heavy (non-hydrogen) atoms. The quantitative estimate of drug-likeness (QED) is 0.673. The molecule has 1 aliphatic rings. The van der Waals surface area contributed by atoms with E-state index in [1.54, 1.807) is 43.3 Å².